The summed E-state index contributed by atoms with van der Waals surface area (Å²) in [5.41, 5.74) is 2.37. The van der Waals surface area contributed by atoms with E-state index in [4.69, 9.17) is 21.3 Å². The molecule has 3 aliphatic rings. The Hall–Kier alpha value is -3.47. The van der Waals surface area contributed by atoms with Gasteiger partial charge in [-0.15, -0.1) is 0 Å². The summed E-state index contributed by atoms with van der Waals surface area (Å²) in [5.74, 6) is -0.386. The number of halogens is 1. The van der Waals surface area contributed by atoms with Gasteiger partial charge in [0.2, 0.25) is 5.91 Å². The monoisotopic (exact) mass is 539 g/mol. The van der Waals surface area contributed by atoms with Crippen molar-refractivity contribution >= 4 is 41.0 Å². The molecule has 38 heavy (non-hydrogen) atoms. The van der Waals surface area contributed by atoms with Crippen molar-refractivity contribution in [3.63, 3.8) is 0 Å². The zero-order valence-electron chi connectivity index (χ0n) is 21.0. The minimum absolute atomic E-state index is 0.0280. The van der Waals surface area contributed by atoms with Gasteiger partial charge in [0, 0.05) is 50.3 Å². The molecule has 0 aromatic heterocycles. The molecule has 1 fully saturated rings. The minimum atomic E-state index is -1.09. The zero-order chi connectivity index (χ0) is 26.9. The number of hydrogen-bond donors (Lipinski definition) is 4. The number of aliphatic hydroxyl groups is 1. The fraction of sp³-hybridized carbons (Fsp3) is 0.407. The molecule has 0 bridgehead atoms. The quantitative estimate of drug-likeness (QED) is 0.416. The number of ether oxygens (including phenoxy) is 1. The number of amidine groups is 1. The molecule has 2 atom stereocenters. The number of nitrogens with zero attached hydrogens (tertiary/aromatic N) is 2. The number of β-amino-alcohol motifs (C(OH)–C–C–N with tert-alkyl or cyclic N) is 1. The molecule has 11 heteroatoms. The number of amides is 4. The summed E-state index contributed by atoms with van der Waals surface area (Å²) in [5, 5.41) is 19.2. The predicted molar refractivity (Wildman–Crippen MR) is 142 cm³/mol. The van der Waals surface area contributed by atoms with E-state index in [9.17, 15) is 19.5 Å². The van der Waals surface area contributed by atoms with Crippen molar-refractivity contribution in [3.8, 4) is 0 Å². The van der Waals surface area contributed by atoms with E-state index in [0.29, 0.717) is 61.0 Å². The van der Waals surface area contributed by atoms with Gasteiger partial charge in [-0.2, -0.15) is 0 Å². The van der Waals surface area contributed by atoms with Crippen molar-refractivity contribution < 1.29 is 24.2 Å². The number of aliphatic imine (C=N–C) groups is 1. The van der Waals surface area contributed by atoms with Crippen LogP contribution in [0.3, 0.4) is 0 Å². The molecule has 10 nitrogen and oxygen atoms in total. The Morgan fingerprint density at radius 1 is 1.18 bits per heavy atom. The largest absolute Gasteiger partial charge is 0.381 e. The van der Waals surface area contributed by atoms with Crippen molar-refractivity contribution in [2.24, 2.45) is 10.9 Å². The van der Waals surface area contributed by atoms with Crippen LogP contribution in [0.2, 0.25) is 5.02 Å². The van der Waals surface area contributed by atoms with Crippen LogP contribution in [0.15, 0.2) is 47.5 Å². The second-order valence-electron chi connectivity index (χ2n) is 9.79. The van der Waals surface area contributed by atoms with Crippen molar-refractivity contribution in [1.82, 2.24) is 15.5 Å². The van der Waals surface area contributed by atoms with Crippen LogP contribution in [-0.4, -0.2) is 72.3 Å². The third-order valence-electron chi connectivity index (χ3n) is 7.32. The first-order valence-electron chi connectivity index (χ1n) is 12.6. The Labute approximate surface area is 225 Å². The van der Waals surface area contributed by atoms with Gasteiger partial charge in [-0.25, -0.2) is 4.79 Å². The van der Waals surface area contributed by atoms with Crippen molar-refractivity contribution in [1.29, 1.82) is 0 Å². The van der Waals surface area contributed by atoms with Crippen LogP contribution in [0.1, 0.15) is 29.5 Å². The highest BCUT2D eigenvalue weighted by molar-refractivity contribution is 6.35. The molecule has 1 aliphatic carbocycles. The fourth-order valence-electron chi connectivity index (χ4n) is 5.29. The number of benzene rings is 2. The summed E-state index contributed by atoms with van der Waals surface area (Å²) in [6.07, 6.45) is 0.876. The average Bonchev–Trinajstić information content (AvgIpc) is 3.44. The average molecular weight is 540 g/mol. The van der Waals surface area contributed by atoms with Gasteiger partial charge in [0.15, 0.2) is 0 Å². The molecular weight excluding hydrogens is 510 g/mol. The van der Waals surface area contributed by atoms with Crippen LogP contribution in [0.5, 0.6) is 0 Å². The van der Waals surface area contributed by atoms with Crippen LogP contribution in [0, 0.1) is 5.92 Å². The highest BCUT2D eigenvalue weighted by Gasteiger charge is 2.49. The summed E-state index contributed by atoms with van der Waals surface area (Å²) in [4.78, 5) is 43.9. The lowest BCUT2D eigenvalue weighted by molar-refractivity contribution is -0.135. The van der Waals surface area contributed by atoms with Crippen LogP contribution in [0.4, 0.5) is 10.5 Å². The Morgan fingerprint density at radius 2 is 1.92 bits per heavy atom. The van der Waals surface area contributed by atoms with Gasteiger partial charge in [0.05, 0.1) is 11.6 Å². The van der Waals surface area contributed by atoms with E-state index in [2.05, 4.69) is 16.0 Å². The van der Waals surface area contributed by atoms with E-state index in [1.807, 2.05) is 36.4 Å². The van der Waals surface area contributed by atoms with Gasteiger partial charge in [-0.3, -0.25) is 24.8 Å². The van der Waals surface area contributed by atoms with Gasteiger partial charge in [-0.1, -0.05) is 29.8 Å². The van der Waals surface area contributed by atoms with E-state index in [1.54, 1.807) is 6.07 Å². The Morgan fingerprint density at radius 3 is 2.66 bits per heavy atom. The molecular formula is C27H30ClN5O5. The third-order valence-corrected chi connectivity index (χ3v) is 7.65. The smallest absolute Gasteiger partial charge is 0.321 e. The van der Waals surface area contributed by atoms with Crippen molar-refractivity contribution in [2.75, 3.05) is 32.1 Å². The number of carbonyl (C=O) groups is 3. The maximum Gasteiger partial charge on any atom is 0.321 e. The molecule has 2 heterocycles. The summed E-state index contributed by atoms with van der Waals surface area (Å²) < 4.78 is 5.48. The lowest BCUT2D eigenvalue weighted by Crippen LogP contribution is -2.49. The normalized spacial score (nSPS) is 20.6. The second kappa shape index (κ2) is 10.7. The van der Waals surface area contributed by atoms with Crippen LogP contribution >= 0.6 is 11.6 Å². The standard InChI is InChI=1S/C27H30ClN5O5/c1-29-26(37)31-24(35)18-12-16-6-7-19(14-17(16)13-18)30-22(34)15-33-23(20-4-2-3-5-21(20)28)32-27(25(33)36)8-10-38-11-9-27/h2-7,14,18,22,30,34H,8-13,15H2,1H3,(H2,29,31,35,37). The third kappa shape index (κ3) is 5.11. The summed E-state index contributed by atoms with van der Waals surface area (Å²) >= 11 is 6.46. The highest BCUT2D eigenvalue weighted by atomic mass is 35.5. The van der Waals surface area contributed by atoms with Gasteiger partial charge in [0.25, 0.3) is 5.91 Å². The summed E-state index contributed by atoms with van der Waals surface area (Å²) in [7, 11) is 1.46. The molecule has 200 valence electrons. The van der Waals surface area contributed by atoms with E-state index in [0.717, 1.165) is 11.1 Å². The first-order chi connectivity index (χ1) is 18.3. The number of hydrogen-bond acceptors (Lipinski definition) is 7. The fourth-order valence-corrected chi connectivity index (χ4v) is 5.51. The van der Waals surface area contributed by atoms with Gasteiger partial charge in [-0.05, 0) is 48.2 Å². The van der Waals surface area contributed by atoms with Gasteiger partial charge < -0.3 is 20.5 Å². The lowest BCUT2D eigenvalue weighted by Gasteiger charge is -2.30. The molecule has 1 saturated heterocycles. The Balaban J connectivity index is 1.30. The Kier molecular flexibility index (Phi) is 7.38. The number of urea groups is 1. The van der Waals surface area contributed by atoms with Crippen molar-refractivity contribution in [2.45, 2.75) is 37.5 Å². The molecule has 1 spiro atoms. The maximum atomic E-state index is 13.6. The first-order valence-corrected chi connectivity index (χ1v) is 13.0. The number of fused-ring (bicyclic) bond motifs is 1. The summed E-state index contributed by atoms with van der Waals surface area (Å²) in [6, 6.07) is 12.3. The topological polar surface area (TPSA) is 132 Å². The predicted octanol–water partition coefficient (Wildman–Crippen LogP) is 2.08. The number of carbonyl (C=O) groups excluding carboxylic acids is 3. The molecule has 4 N–H and O–H groups in total. The molecule has 0 saturated carbocycles. The van der Waals surface area contributed by atoms with Crippen molar-refractivity contribution in [3.05, 3.63) is 64.2 Å². The maximum absolute atomic E-state index is 13.6. The van der Waals surface area contributed by atoms with Crippen LogP contribution in [-0.2, 0) is 27.2 Å². The molecule has 2 aromatic carbocycles. The molecule has 4 amide bonds. The lowest BCUT2D eigenvalue weighted by atomic mass is 9.90. The van der Waals surface area contributed by atoms with E-state index < -0.39 is 17.8 Å². The summed E-state index contributed by atoms with van der Waals surface area (Å²) in [6.45, 7) is 0.855. The molecule has 2 aliphatic heterocycles. The minimum Gasteiger partial charge on any atom is -0.381 e. The molecule has 5 rings (SSSR count). The van der Waals surface area contributed by atoms with E-state index >= 15 is 0 Å². The number of nitrogens with one attached hydrogen (secondary N) is 3. The van der Waals surface area contributed by atoms with E-state index in [1.165, 1.54) is 11.9 Å². The van der Waals surface area contributed by atoms with Crippen LogP contribution in [0.25, 0.3) is 0 Å². The number of rotatable bonds is 6. The molecule has 0 radical (unpaired) electrons. The SMILES string of the molecule is CNC(=O)NC(=O)C1Cc2ccc(NC(O)CN3C(=O)C4(CCOCC4)N=C3c3ccccc3Cl)cc2C1. The number of aliphatic hydroxyl groups excluding tert-OH is 1. The molecule has 2 aromatic rings. The highest BCUT2D eigenvalue weighted by Crippen LogP contribution is 2.36. The van der Waals surface area contributed by atoms with Crippen LogP contribution < -0.4 is 16.0 Å². The molecule has 2 unspecified atom stereocenters. The second-order valence-corrected chi connectivity index (χ2v) is 10.2. The van der Waals surface area contributed by atoms with Gasteiger partial charge >= 0.3 is 6.03 Å². The zero-order valence-corrected chi connectivity index (χ0v) is 21.8. The van der Waals surface area contributed by atoms with E-state index in [-0.39, 0.29) is 24.3 Å². The number of imide groups is 1. The Bertz CT molecular complexity index is 1290. The van der Waals surface area contributed by atoms with Gasteiger partial charge in [0.1, 0.15) is 17.6 Å². The first kappa shape index (κ1) is 26.1. The number of anilines is 1.